The number of hydrogen-bond acceptors (Lipinski definition) is 3. The number of carbonyl (C=O) groups excluding carboxylic acids is 1. The minimum absolute atomic E-state index is 0.0682. The molecule has 0 spiro atoms. The van der Waals surface area contributed by atoms with Gasteiger partial charge in [-0.1, -0.05) is 11.6 Å². The second kappa shape index (κ2) is 3.91. The van der Waals surface area contributed by atoms with E-state index in [1.807, 2.05) is 0 Å². The van der Waals surface area contributed by atoms with Gasteiger partial charge in [0.15, 0.2) is 11.3 Å². The van der Waals surface area contributed by atoms with Gasteiger partial charge in [-0.25, -0.2) is 0 Å². The molecule has 0 rings (SSSR count). The molecule has 0 aromatic rings. The average molecular weight is 167 g/mol. The van der Waals surface area contributed by atoms with Gasteiger partial charge in [-0.05, 0) is 13.8 Å². The van der Waals surface area contributed by atoms with E-state index < -0.39 is 11.2 Å². The number of rotatable bonds is 4. The molecule has 2 atom stereocenters. The highest BCUT2D eigenvalue weighted by atomic mass is 35.5. The molecule has 0 aliphatic heterocycles. The summed E-state index contributed by atoms with van der Waals surface area (Å²) in [7, 11) is 0. The van der Waals surface area contributed by atoms with Crippen LogP contribution in [-0.2, 0) is 9.53 Å². The lowest BCUT2D eigenvalue weighted by Crippen LogP contribution is -2.27. The fourth-order valence-corrected chi connectivity index (χ4v) is 0.381. The summed E-state index contributed by atoms with van der Waals surface area (Å²) in [4.78, 5) is 10.1. The van der Waals surface area contributed by atoms with Gasteiger partial charge in [-0.3, -0.25) is 4.79 Å². The first-order valence-electron chi connectivity index (χ1n) is 2.95. The number of hydrogen-bond donors (Lipinski definition) is 1. The van der Waals surface area contributed by atoms with Crippen LogP contribution in [-0.4, -0.2) is 29.2 Å². The number of alkyl halides is 1. The maximum Gasteiger partial charge on any atom is 0.194 e. The smallest absolute Gasteiger partial charge is 0.194 e. The normalized spacial score (nSPS) is 19.6. The molecule has 4 heteroatoms. The van der Waals surface area contributed by atoms with Crippen molar-refractivity contribution >= 4 is 17.9 Å². The highest BCUT2D eigenvalue weighted by molar-refractivity contribution is 6.30. The van der Waals surface area contributed by atoms with Crippen molar-refractivity contribution in [1.82, 2.24) is 0 Å². The van der Waals surface area contributed by atoms with Crippen molar-refractivity contribution < 1.29 is 14.6 Å². The number of carbonyl (C=O) groups is 1. The SMILES string of the molecule is CC(O)COC(C)(Cl)C=O. The maximum atomic E-state index is 10.1. The molecular weight excluding hydrogens is 156 g/mol. The largest absolute Gasteiger partial charge is 0.391 e. The summed E-state index contributed by atoms with van der Waals surface area (Å²) < 4.78 is 4.79. The Hall–Kier alpha value is -0.120. The molecule has 1 N–H and O–H groups in total. The Morgan fingerprint density at radius 2 is 2.40 bits per heavy atom. The summed E-state index contributed by atoms with van der Waals surface area (Å²) in [6.07, 6.45) is -0.116. The number of aldehydes is 1. The lowest BCUT2D eigenvalue weighted by molar-refractivity contribution is -0.122. The van der Waals surface area contributed by atoms with Crippen molar-refractivity contribution in [2.24, 2.45) is 0 Å². The zero-order valence-electron chi connectivity index (χ0n) is 6.00. The van der Waals surface area contributed by atoms with E-state index in [0.29, 0.717) is 6.29 Å². The molecule has 60 valence electrons. The highest BCUT2D eigenvalue weighted by Crippen LogP contribution is 2.12. The van der Waals surface area contributed by atoms with E-state index >= 15 is 0 Å². The third kappa shape index (κ3) is 4.73. The Balaban J connectivity index is 3.56. The predicted octanol–water partition coefficient (Wildman–Crippen LogP) is 0.538. The minimum Gasteiger partial charge on any atom is -0.391 e. The van der Waals surface area contributed by atoms with Gasteiger partial charge >= 0.3 is 0 Å². The minimum atomic E-state index is -1.29. The molecule has 3 nitrogen and oxygen atoms in total. The molecule has 0 aliphatic rings. The van der Waals surface area contributed by atoms with Gasteiger partial charge in [0.2, 0.25) is 0 Å². The van der Waals surface area contributed by atoms with Crippen molar-refractivity contribution in [1.29, 1.82) is 0 Å². The van der Waals surface area contributed by atoms with Crippen LogP contribution in [0.1, 0.15) is 13.8 Å². The molecule has 0 amide bonds. The van der Waals surface area contributed by atoms with E-state index in [1.165, 1.54) is 6.92 Å². The topological polar surface area (TPSA) is 46.5 Å². The number of halogens is 1. The summed E-state index contributed by atoms with van der Waals surface area (Å²) in [6, 6.07) is 0. The standard InChI is InChI=1S/C6H11ClO3/c1-5(9)3-10-6(2,7)4-8/h4-5,9H,3H2,1-2H3. The van der Waals surface area contributed by atoms with Gasteiger partial charge in [0.1, 0.15) is 0 Å². The van der Waals surface area contributed by atoms with E-state index in [1.54, 1.807) is 6.92 Å². The molecule has 0 aromatic carbocycles. The number of aliphatic hydroxyl groups excluding tert-OH is 1. The highest BCUT2D eigenvalue weighted by Gasteiger charge is 2.20. The van der Waals surface area contributed by atoms with Crippen molar-refractivity contribution in [3.8, 4) is 0 Å². The first-order chi connectivity index (χ1) is 4.48. The third-order valence-electron chi connectivity index (χ3n) is 0.817. The monoisotopic (exact) mass is 166 g/mol. The van der Waals surface area contributed by atoms with Gasteiger partial charge in [0.05, 0.1) is 12.7 Å². The van der Waals surface area contributed by atoms with E-state index in [4.69, 9.17) is 21.4 Å². The molecule has 0 bridgehead atoms. The molecule has 0 fully saturated rings. The second-order valence-corrected chi connectivity index (χ2v) is 3.01. The van der Waals surface area contributed by atoms with Crippen LogP contribution in [0.3, 0.4) is 0 Å². The number of ether oxygens (including phenoxy) is 1. The van der Waals surface area contributed by atoms with Crippen LogP contribution in [0.5, 0.6) is 0 Å². The Morgan fingerprint density at radius 3 is 2.70 bits per heavy atom. The summed E-state index contributed by atoms with van der Waals surface area (Å²) in [5.41, 5.74) is 0. The van der Waals surface area contributed by atoms with Crippen LogP contribution >= 0.6 is 11.6 Å². The van der Waals surface area contributed by atoms with Gasteiger partial charge in [0, 0.05) is 0 Å². The van der Waals surface area contributed by atoms with Crippen LogP contribution in [0.25, 0.3) is 0 Å². The fraction of sp³-hybridized carbons (Fsp3) is 0.833. The predicted molar refractivity (Wildman–Crippen MR) is 38.0 cm³/mol. The Kier molecular flexibility index (Phi) is 3.86. The van der Waals surface area contributed by atoms with Crippen LogP contribution < -0.4 is 0 Å². The summed E-state index contributed by atoms with van der Waals surface area (Å²) >= 11 is 5.46. The lowest BCUT2D eigenvalue weighted by atomic mass is 10.4. The fourth-order valence-electron chi connectivity index (χ4n) is 0.318. The number of aliphatic hydroxyl groups is 1. The quantitative estimate of drug-likeness (QED) is 0.490. The second-order valence-electron chi connectivity index (χ2n) is 2.26. The van der Waals surface area contributed by atoms with Gasteiger partial charge < -0.3 is 9.84 Å². The zero-order valence-corrected chi connectivity index (χ0v) is 6.76. The molecule has 0 aromatic heterocycles. The Bertz CT molecular complexity index is 112. The van der Waals surface area contributed by atoms with Crippen molar-refractivity contribution in [2.45, 2.75) is 25.0 Å². The van der Waals surface area contributed by atoms with E-state index in [9.17, 15) is 4.79 Å². The Labute approximate surface area is 64.9 Å². The van der Waals surface area contributed by atoms with Crippen molar-refractivity contribution in [3.63, 3.8) is 0 Å². The first kappa shape index (κ1) is 9.88. The third-order valence-corrected chi connectivity index (χ3v) is 1.02. The molecule has 0 saturated carbocycles. The summed E-state index contributed by atoms with van der Waals surface area (Å²) in [6.45, 7) is 3.04. The van der Waals surface area contributed by atoms with E-state index in [-0.39, 0.29) is 6.61 Å². The van der Waals surface area contributed by atoms with Gasteiger partial charge in [-0.15, -0.1) is 0 Å². The van der Waals surface area contributed by atoms with Crippen LogP contribution in [0.2, 0.25) is 0 Å². The summed E-state index contributed by atoms with van der Waals surface area (Å²) in [5.74, 6) is 0. The van der Waals surface area contributed by atoms with E-state index in [0.717, 1.165) is 0 Å². The molecule has 0 saturated heterocycles. The Morgan fingerprint density at radius 1 is 1.90 bits per heavy atom. The maximum absolute atomic E-state index is 10.1. The zero-order chi connectivity index (χ0) is 8.20. The van der Waals surface area contributed by atoms with Crippen LogP contribution in [0, 0.1) is 0 Å². The summed E-state index contributed by atoms with van der Waals surface area (Å²) in [5, 5.41) is 7.42. The van der Waals surface area contributed by atoms with Crippen molar-refractivity contribution in [2.75, 3.05) is 6.61 Å². The van der Waals surface area contributed by atoms with Gasteiger partial charge in [-0.2, -0.15) is 0 Å². The molecule has 0 radical (unpaired) electrons. The molecule has 2 unspecified atom stereocenters. The first-order valence-corrected chi connectivity index (χ1v) is 3.33. The van der Waals surface area contributed by atoms with Crippen molar-refractivity contribution in [3.05, 3.63) is 0 Å². The lowest BCUT2D eigenvalue weighted by Gasteiger charge is -2.16. The molecular formula is C6H11ClO3. The van der Waals surface area contributed by atoms with Gasteiger partial charge in [0.25, 0.3) is 0 Å². The van der Waals surface area contributed by atoms with Crippen LogP contribution in [0.15, 0.2) is 0 Å². The van der Waals surface area contributed by atoms with E-state index in [2.05, 4.69) is 0 Å². The molecule has 10 heavy (non-hydrogen) atoms. The van der Waals surface area contributed by atoms with Crippen LogP contribution in [0.4, 0.5) is 0 Å². The molecule has 0 aliphatic carbocycles. The average Bonchev–Trinajstić information content (AvgIpc) is 1.85. The molecule has 0 heterocycles.